The largest absolute Gasteiger partial charge is 0.452 e. The fraction of sp³-hybridized carbons (Fsp3) is 0.318. The lowest BCUT2D eigenvalue weighted by molar-refractivity contribution is -0.157. The van der Waals surface area contributed by atoms with Crippen LogP contribution >= 0.6 is 0 Å². The summed E-state index contributed by atoms with van der Waals surface area (Å²) in [7, 11) is 0. The molecule has 6 nitrogen and oxygen atoms in total. The Morgan fingerprint density at radius 1 is 1.17 bits per heavy atom. The Kier molecular flexibility index (Phi) is 5.96. The number of ether oxygens (including phenoxy) is 1. The molecule has 2 amide bonds. The minimum Gasteiger partial charge on any atom is -0.452 e. The monoisotopic (exact) mass is 398 g/mol. The van der Waals surface area contributed by atoms with Crippen molar-refractivity contribution in [1.82, 2.24) is 0 Å². The zero-order valence-electron chi connectivity index (χ0n) is 16.6. The number of carbonyl (C=O) groups is 3. The summed E-state index contributed by atoms with van der Waals surface area (Å²) >= 11 is 0. The molecule has 0 saturated carbocycles. The zero-order chi connectivity index (χ0) is 21.1. The van der Waals surface area contributed by atoms with Crippen LogP contribution < -0.4 is 10.2 Å². The Bertz CT molecular complexity index is 960. The van der Waals surface area contributed by atoms with Gasteiger partial charge in [0.2, 0.25) is 5.91 Å². The van der Waals surface area contributed by atoms with Crippen molar-refractivity contribution in [3.63, 3.8) is 0 Å². The number of carbonyl (C=O) groups excluding carboxylic acids is 3. The van der Waals surface area contributed by atoms with Crippen LogP contribution in [0, 0.1) is 25.6 Å². The molecule has 0 aliphatic carbocycles. The van der Waals surface area contributed by atoms with Gasteiger partial charge in [-0.15, -0.1) is 0 Å². The Hall–Kier alpha value is -3.22. The summed E-state index contributed by atoms with van der Waals surface area (Å²) in [5.41, 5.74) is 2.82. The molecular formula is C22H23FN2O4. The second kappa shape index (κ2) is 8.43. The van der Waals surface area contributed by atoms with Crippen molar-refractivity contribution in [2.24, 2.45) is 5.92 Å². The fourth-order valence-electron chi connectivity index (χ4n) is 3.25. The molecule has 3 rings (SSSR count). The van der Waals surface area contributed by atoms with E-state index in [9.17, 15) is 18.8 Å². The molecular weight excluding hydrogens is 375 g/mol. The van der Waals surface area contributed by atoms with E-state index in [1.807, 2.05) is 32.0 Å². The SMILES string of the molecule is Cc1cccc(N2C[C@H](C(=O)O[C@@H](C)C(=O)Nc3ccccc3F)CC2=O)c1C. The van der Waals surface area contributed by atoms with Gasteiger partial charge in [-0.05, 0) is 50.1 Å². The first-order valence-electron chi connectivity index (χ1n) is 9.40. The highest BCUT2D eigenvalue weighted by Gasteiger charge is 2.37. The van der Waals surface area contributed by atoms with Gasteiger partial charge in [0.05, 0.1) is 11.6 Å². The maximum Gasteiger partial charge on any atom is 0.312 e. The topological polar surface area (TPSA) is 75.7 Å². The van der Waals surface area contributed by atoms with Gasteiger partial charge in [-0.3, -0.25) is 14.4 Å². The number of amides is 2. The van der Waals surface area contributed by atoms with Crippen molar-refractivity contribution in [1.29, 1.82) is 0 Å². The number of halogens is 1. The van der Waals surface area contributed by atoms with Gasteiger partial charge < -0.3 is 15.0 Å². The predicted octanol–water partition coefficient (Wildman–Crippen LogP) is 3.37. The molecule has 0 unspecified atom stereocenters. The molecule has 1 heterocycles. The molecule has 0 spiro atoms. The first-order valence-corrected chi connectivity index (χ1v) is 9.40. The quantitative estimate of drug-likeness (QED) is 0.784. The number of aryl methyl sites for hydroxylation is 1. The van der Waals surface area contributed by atoms with Gasteiger partial charge >= 0.3 is 5.97 Å². The van der Waals surface area contributed by atoms with E-state index in [2.05, 4.69) is 5.32 Å². The maximum atomic E-state index is 13.7. The number of esters is 1. The van der Waals surface area contributed by atoms with E-state index in [0.29, 0.717) is 0 Å². The standard InChI is InChI=1S/C22H23FN2O4/c1-13-7-6-10-19(14(13)2)25-12-16(11-20(25)26)22(28)29-15(3)21(27)24-18-9-5-4-8-17(18)23/h4-10,15-16H,11-12H2,1-3H3,(H,24,27)/t15-,16+/m0/s1. The molecule has 0 radical (unpaired) electrons. The lowest BCUT2D eigenvalue weighted by atomic mass is 10.1. The highest BCUT2D eigenvalue weighted by Crippen LogP contribution is 2.30. The average molecular weight is 398 g/mol. The fourth-order valence-corrected chi connectivity index (χ4v) is 3.25. The van der Waals surface area contributed by atoms with Crippen LogP contribution in [0.15, 0.2) is 42.5 Å². The molecule has 2 aromatic rings. The van der Waals surface area contributed by atoms with Crippen LogP contribution in [0.3, 0.4) is 0 Å². The Balaban J connectivity index is 1.62. The lowest BCUT2D eigenvalue weighted by Gasteiger charge is -2.20. The van der Waals surface area contributed by atoms with Crippen LogP contribution in [0.4, 0.5) is 15.8 Å². The summed E-state index contributed by atoms with van der Waals surface area (Å²) in [6.07, 6.45) is -1.10. The second-order valence-corrected chi connectivity index (χ2v) is 7.17. The molecule has 1 N–H and O–H groups in total. The van der Waals surface area contributed by atoms with Crippen LogP contribution in [0.2, 0.25) is 0 Å². The van der Waals surface area contributed by atoms with E-state index < -0.39 is 29.7 Å². The number of nitrogens with zero attached hydrogens (tertiary/aromatic N) is 1. The minimum absolute atomic E-state index is 0.0116. The van der Waals surface area contributed by atoms with Gasteiger partial charge in [-0.1, -0.05) is 24.3 Å². The van der Waals surface area contributed by atoms with Gasteiger partial charge in [-0.25, -0.2) is 4.39 Å². The number of anilines is 2. The molecule has 1 saturated heterocycles. The molecule has 2 atom stereocenters. The van der Waals surface area contributed by atoms with Gasteiger partial charge in [0.1, 0.15) is 5.82 Å². The summed E-state index contributed by atoms with van der Waals surface area (Å²) in [4.78, 5) is 38.7. The van der Waals surface area contributed by atoms with Gasteiger partial charge in [0, 0.05) is 18.7 Å². The average Bonchev–Trinajstić information content (AvgIpc) is 3.07. The lowest BCUT2D eigenvalue weighted by Crippen LogP contribution is -2.33. The van der Waals surface area contributed by atoms with E-state index in [-0.39, 0.29) is 24.6 Å². The molecule has 2 aromatic carbocycles. The third-order valence-electron chi connectivity index (χ3n) is 5.12. The summed E-state index contributed by atoms with van der Waals surface area (Å²) in [5, 5.41) is 2.39. The molecule has 1 aliphatic rings. The van der Waals surface area contributed by atoms with Gasteiger partial charge in [0.25, 0.3) is 5.91 Å². The van der Waals surface area contributed by atoms with E-state index in [1.165, 1.54) is 25.1 Å². The van der Waals surface area contributed by atoms with Crippen LogP contribution in [-0.2, 0) is 19.1 Å². The normalized spacial score (nSPS) is 17.2. The smallest absolute Gasteiger partial charge is 0.312 e. The summed E-state index contributed by atoms with van der Waals surface area (Å²) in [6.45, 7) is 5.50. The molecule has 1 aliphatic heterocycles. The van der Waals surface area contributed by atoms with Crippen LogP contribution in [0.1, 0.15) is 24.5 Å². The third-order valence-corrected chi connectivity index (χ3v) is 5.12. The van der Waals surface area contributed by atoms with Crippen molar-refractivity contribution >= 4 is 29.2 Å². The molecule has 29 heavy (non-hydrogen) atoms. The summed E-state index contributed by atoms with van der Waals surface area (Å²) in [5.74, 6) is -2.67. The van der Waals surface area contributed by atoms with Gasteiger partial charge in [-0.2, -0.15) is 0 Å². The maximum absolute atomic E-state index is 13.7. The van der Waals surface area contributed by atoms with Crippen LogP contribution in [-0.4, -0.2) is 30.4 Å². The van der Waals surface area contributed by atoms with Crippen molar-refractivity contribution in [3.8, 4) is 0 Å². The Morgan fingerprint density at radius 2 is 1.90 bits per heavy atom. The van der Waals surface area contributed by atoms with E-state index in [4.69, 9.17) is 4.74 Å². The molecule has 1 fully saturated rings. The number of hydrogen-bond acceptors (Lipinski definition) is 4. The highest BCUT2D eigenvalue weighted by atomic mass is 19.1. The van der Waals surface area contributed by atoms with Crippen molar-refractivity contribution < 1.29 is 23.5 Å². The Morgan fingerprint density at radius 3 is 2.62 bits per heavy atom. The second-order valence-electron chi connectivity index (χ2n) is 7.17. The number of rotatable bonds is 5. The van der Waals surface area contributed by atoms with Crippen molar-refractivity contribution in [2.75, 3.05) is 16.8 Å². The van der Waals surface area contributed by atoms with Gasteiger partial charge in [0.15, 0.2) is 6.10 Å². The first-order chi connectivity index (χ1) is 13.8. The van der Waals surface area contributed by atoms with Crippen LogP contribution in [0.25, 0.3) is 0 Å². The number of benzene rings is 2. The van der Waals surface area contributed by atoms with E-state index >= 15 is 0 Å². The minimum atomic E-state index is -1.12. The molecule has 0 bridgehead atoms. The summed E-state index contributed by atoms with van der Waals surface area (Å²) < 4.78 is 18.9. The number of para-hydroxylation sites is 1. The Labute approximate surface area is 168 Å². The number of nitrogens with one attached hydrogen (secondary N) is 1. The van der Waals surface area contributed by atoms with Crippen molar-refractivity contribution in [3.05, 3.63) is 59.4 Å². The molecule has 7 heteroatoms. The predicted molar refractivity (Wildman–Crippen MR) is 107 cm³/mol. The van der Waals surface area contributed by atoms with Crippen molar-refractivity contribution in [2.45, 2.75) is 33.3 Å². The van der Waals surface area contributed by atoms with E-state index in [0.717, 1.165) is 16.8 Å². The number of hydrogen-bond donors (Lipinski definition) is 1. The zero-order valence-corrected chi connectivity index (χ0v) is 16.6. The highest BCUT2D eigenvalue weighted by molar-refractivity contribution is 6.01. The van der Waals surface area contributed by atoms with Crippen LogP contribution in [0.5, 0.6) is 0 Å². The summed E-state index contributed by atoms with van der Waals surface area (Å²) in [6, 6.07) is 11.4. The van der Waals surface area contributed by atoms with E-state index in [1.54, 1.807) is 11.0 Å². The first kappa shape index (κ1) is 20.5. The molecule has 152 valence electrons. The third kappa shape index (κ3) is 4.45. The molecule has 0 aromatic heterocycles.